The fraction of sp³-hybridized carbons (Fsp3) is 0.100. The van der Waals surface area contributed by atoms with Gasteiger partial charge in [-0.15, -0.1) is 0 Å². The van der Waals surface area contributed by atoms with Crippen LogP contribution in [-0.4, -0.2) is 9.13 Å². The van der Waals surface area contributed by atoms with Crippen molar-refractivity contribution in [3.63, 3.8) is 0 Å². The van der Waals surface area contributed by atoms with Crippen LogP contribution in [0.4, 0.5) is 0 Å². The fourth-order valence-corrected chi connectivity index (χ4v) is 1.25. The van der Waals surface area contributed by atoms with E-state index in [0.717, 1.165) is 5.69 Å². The lowest BCUT2D eigenvalue weighted by Gasteiger charge is -1.98. The SMILES string of the molecule is Cn1ccn(-c2ccccc2)c1=O. The summed E-state index contributed by atoms with van der Waals surface area (Å²) in [5.74, 6) is 0. The molecule has 0 aliphatic heterocycles. The van der Waals surface area contributed by atoms with E-state index in [1.165, 1.54) is 0 Å². The van der Waals surface area contributed by atoms with Gasteiger partial charge in [-0.25, -0.2) is 4.79 Å². The molecule has 0 radical (unpaired) electrons. The van der Waals surface area contributed by atoms with Crippen molar-refractivity contribution in [3.05, 3.63) is 53.2 Å². The first-order chi connectivity index (χ1) is 6.29. The summed E-state index contributed by atoms with van der Waals surface area (Å²) in [7, 11) is 1.74. The number of imidazole rings is 1. The quantitative estimate of drug-likeness (QED) is 0.637. The summed E-state index contributed by atoms with van der Waals surface area (Å²) < 4.78 is 3.16. The zero-order chi connectivity index (χ0) is 9.26. The molecule has 2 rings (SSSR count). The summed E-state index contributed by atoms with van der Waals surface area (Å²) in [6, 6.07) is 9.56. The predicted molar refractivity (Wildman–Crippen MR) is 51.0 cm³/mol. The number of aryl methyl sites for hydroxylation is 1. The molecule has 1 aromatic carbocycles. The Morgan fingerprint density at radius 2 is 1.77 bits per heavy atom. The Kier molecular flexibility index (Phi) is 1.77. The highest BCUT2D eigenvalue weighted by atomic mass is 16.1. The molecule has 13 heavy (non-hydrogen) atoms. The monoisotopic (exact) mass is 174 g/mol. The highest BCUT2D eigenvalue weighted by Gasteiger charge is 1.99. The average Bonchev–Trinajstić information content (AvgIpc) is 2.49. The summed E-state index contributed by atoms with van der Waals surface area (Å²) in [6.07, 6.45) is 3.51. The van der Waals surface area contributed by atoms with Gasteiger partial charge >= 0.3 is 5.69 Å². The van der Waals surface area contributed by atoms with E-state index in [-0.39, 0.29) is 5.69 Å². The first-order valence-corrected chi connectivity index (χ1v) is 4.08. The van der Waals surface area contributed by atoms with Gasteiger partial charge in [0.15, 0.2) is 0 Å². The number of rotatable bonds is 1. The van der Waals surface area contributed by atoms with E-state index in [4.69, 9.17) is 0 Å². The lowest BCUT2D eigenvalue weighted by molar-refractivity contribution is 0.824. The standard InChI is InChI=1S/C10H10N2O/c1-11-7-8-12(10(11)13)9-5-3-2-4-6-9/h2-8H,1H3. The molecule has 0 N–H and O–H groups in total. The van der Waals surface area contributed by atoms with Crippen molar-refractivity contribution in [1.29, 1.82) is 0 Å². The molecule has 0 amide bonds. The Labute approximate surface area is 75.9 Å². The minimum atomic E-state index is -0.0220. The minimum absolute atomic E-state index is 0.0220. The molecule has 3 nitrogen and oxygen atoms in total. The van der Waals surface area contributed by atoms with Gasteiger partial charge in [0.2, 0.25) is 0 Å². The highest BCUT2D eigenvalue weighted by Crippen LogP contribution is 2.02. The molecule has 0 fully saturated rings. The van der Waals surface area contributed by atoms with Crippen LogP contribution in [0.5, 0.6) is 0 Å². The van der Waals surface area contributed by atoms with Gasteiger partial charge in [-0.05, 0) is 12.1 Å². The molecule has 0 saturated heterocycles. The van der Waals surface area contributed by atoms with E-state index in [1.54, 1.807) is 28.6 Å². The van der Waals surface area contributed by atoms with Crippen molar-refractivity contribution in [2.45, 2.75) is 0 Å². The van der Waals surface area contributed by atoms with E-state index in [9.17, 15) is 4.79 Å². The predicted octanol–water partition coefficient (Wildman–Crippen LogP) is 1.18. The molecule has 66 valence electrons. The van der Waals surface area contributed by atoms with Crippen LogP contribution >= 0.6 is 0 Å². The third kappa shape index (κ3) is 1.28. The maximum absolute atomic E-state index is 11.5. The summed E-state index contributed by atoms with van der Waals surface area (Å²) >= 11 is 0. The molecule has 3 heteroatoms. The third-order valence-corrected chi connectivity index (χ3v) is 1.98. The van der Waals surface area contributed by atoms with Gasteiger partial charge in [-0.1, -0.05) is 18.2 Å². The normalized spacial score (nSPS) is 10.2. The zero-order valence-electron chi connectivity index (χ0n) is 7.34. The second kappa shape index (κ2) is 2.94. The minimum Gasteiger partial charge on any atom is -0.302 e. The van der Waals surface area contributed by atoms with Crippen LogP contribution in [-0.2, 0) is 7.05 Å². The van der Waals surface area contributed by atoms with Gasteiger partial charge < -0.3 is 4.57 Å². The number of para-hydroxylation sites is 1. The first kappa shape index (κ1) is 7.86. The van der Waals surface area contributed by atoms with E-state index < -0.39 is 0 Å². The fourth-order valence-electron chi connectivity index (χ4n) is 1.25. The van der Waals surface area contributed by atoms with Crippen LogP contribution in [0.25, 0.3) is 5.69 Å². The molecule has 2 aromatic rings. The van der Waals surface area contributed by atoms with E-state index >= 15 is 0 Å². The summed E-state index contributed by atoms with van der Waals surface area (Å²) in [4.78, 5) is 11.5. The van der Waals surface area contributed by atoms with Gasteiger partial charge in [-0.2, -0.15) is 0 Å². The van der Waals surface area contributed by atoms with Gasteiger partial charge in [0.05, 0.1) is 5.69 Å². The highest BCUT2D eigenvalue weighted by molar-refractivity contribution is 5.30. The Bertz CT molecular complexity index is 453. The van der Waals surface area contributed by atoms with Crippen LogP contribution in [0.1, 0.15) is 0 Å². The molecular formula is C10H10N2O. The van der Waals surface area contributed by atoms with E-state index in [0.29, 0.717) is 0 Å². The van der Waals surface area contributed by atoms with Crippen molar-refractivity contribution in [3.8, 4) is 5.69 Å². The van der Waals surface area contributed by atoms with E-state index in [1.807, 2.05) is 30.3 Å². The van der Waals surface area contributed by atoms with Crippen molar-refractivity contribution < 1.29 is 0 Å². The van der Waals surface area contributed by atoms with Crippen molar-refractivity contribution in [2.24, 2.45) is 7.05 Å². The molecule has 0 atom stereocenters. The molecule has 0 unspecified atom stereocenters. The molecular weight excluding hydrogens is 164 g/mol. The number of nitrogens with zero attached hydrogens (tertiary/aromatic N) is 2. The van der Waals surface area contributed by atoms with Crippen LogP contribution in [0.15, 0.2) is 47.5 Å². The second-order valence-electron chi connectivity index (χ2n) is 2.90. The zero-order valence-corrected chi connectivity index (χ0v) is 7.34. The Morgan fingerprint density at radius 1 is 1.08 bits per heavy atom. The van der Waals surface area contributed by atoms with Crippen molar-refractivity contribution in [1.82, 2.24) is 9.13 Å². The Balaban J connectivity index is 2.60. The van der Waals surface area contributed by atoms with Crippen LogP contribution in [0.2, 0.25) is 0 Å². The van der Waals surface area contributed by atoms with E-state index in [2.05, 4.69) is 0 Å². The maximum Gasteiger partial charge on any atom is 0.332 e. The molecule has 0 aliphatic carbocycles. The Morgan fingerprint density at radius 3 is 2.31 bits per heavy atom. The maximum atomic E-state index is 11.5. The lowest BCUT2D eigenvalue weighted by atomic mass is 10.3. The molecule has 1 heterocycles. The van der Waals surface area contributed by atoms with Gasteiger partial charge in [0.1, 0.15) is 0 Å². The smallest absolute Gasteiger partial charge is 0.302 e. The molecule has 0 aliphatic rings. The van der Waals surface area contributed by atoms with Crippen molar-refractivity contribution in [2.75, 3.05) is 0 Å². The summed E-state index contributed by atoms with van der Waals surface area (Å²) in [5, 5.41) is 0. The van der Waals surface area contributed by atoms with Crippen LogP contribution in [0.3, 0.4) is 0 Å². The lowest BCUT2D eigenvalue weighted by Crippen LogP contribution is -2.20. The molecule has 0 spiro atoms. The van der Waals surface area contributed by atoms with Gasteiger partial charge in [-0.3, -0.25) is 4.57 Å². The van der Waals surface area contributed by atoms with Gasteiger partial charge in [0.25, 0.3) is 0 Å². The second-order valence-corrected chi connectivity index (χ2v) is 2.90. The summed E-state index contributed by atoms with van der Waals surface area (Å²) in [5.41, 5.74) is 0.874. The topological polar surface area (TPSA) is 26.9 Å². The molecule has 0 bridgehead atoms. The molecule has 1 aromatic heterocycles. The first-order valence-electron chi connectivity index (χ1n) is 4.08. The summed E-state index contributed by atoms with van der Waals surface area (Å²) in [6.45, 7) is 0. The van der Waals surface area contributed by atoms with Crippen LogP contribution < -0.4 is 5.69 Å². The number of benzene rings is 1. The average molecular weight is 174 g/mol. The largest absolute Gasteiger partial charge is 0.332 e. The number of aromatic nitrogens is 2. The Hall–Kier alpha value is -1.77. The third-order valence-electron chi connectivity index (χ3n) is 1.98. The number of hydrogen-bond acceptors (Lipinski definition) is 1. The molecule has 0 saturated carbocycles. The van der Waals surface area contributed by atoms with Crippen molar-refractivity contribution >= 4 is 0 Å². The van der Waals surface area contributed by atoms with Gasteiger partial charge in [0, 0.05) is 19.4 Å². The number of hydrogen-bond donors (Lipinski definition) is 0. The van der Waals surface area contributed by atoms with Crippen LogP contribution in [0, 0.1) is 0 Å².